The number of aromatic nitrogens is 2. The fourth-order valence-corrected chi connectivity index (χ4v) is 3.45. The van der Waals surface area contributed by atoms with Crippen molar-refractivity contribution in [3.63, 3.8) is 0 Å². The van der Waals surface area contributed by atoms with E-state index in [1.807, 2.05) is 54.6 Å². The molecular weight excluding hydrogens is 470 g/mol. The van der Waals surface area contributed by atoms with Crippen molar-refractivity contribution >= 4 is 23.7 Å². The Labute approximate surface area is 214 Å². The molecule has 1 heterocycles. The van der Waals surface area contributed by atoms with E-state index in [0.29, 0.717) is 29.3 Å². The quantitative estimate of drug-likeness (QED) is 0.202. The molecule has 2 amide bonds. The average molecular weight is 498 g/mol. The monoisotopic (exact) mass is 497 g/mol. The van der Waals surface area contributed by atoms with Crippen LogP contribution in [-0.4, -0.2) is 41.5 Å². The summed E-state index contributed by atoms with van der Waals surface area (Å²) in [5, 5.41) is 11.2. The summed E-state index contributed by atoms with van der Waals surface area (Å²) in [6.07, 6.45) is 4.19. The summed E-state index contributed by atoms with van der Waals surface area (Å²) in [5.74, 6) is -0.427. The minimum Gasteiger partial charge on any atom is -0.497 e. The number of hydrogen-bond acceptors (Lipinski definition) is 6. The third-order valence-corrected chi connectivity index (χ3v) is 5.27. The van der Waals surface area contributed by atoms with Gasteiger partial charge in [0.05, 0.1) is 25.6 Å². The second-order valence-corrected chi connectivity index (χ2v) is 7.97. The molecule has 0 saturated heterocycles. The minimum absolute atomic E-state index is 0.432. The number of methoxy groups -OCH3 is 1. The number of nitrogens with zero attached hydrogens (tertiary/aromatic N) is 3. The molecule has 0 saturated carbocycles. The van der Waals surface area contributed by atoms with E-state index in [1.165, 1.54) is 13.3 Å². The molecule has 0 spiro atoms. The molecule has 0 aliphatic heterocycles. The fourth-order valence-electron chi connectivity index (χ4n) is 3.45. The van der Waals surface area contributed by atoms with E-state index < -0.39 is 11.8 Å². The summed E-state index contributed by atoms with van der Waals surface area (Å²) in [6, 6.07) is 24.0. The first-order chi connectivity index (χ1) is 18.1. The van der Waals surface area contributed by atoms with Gasteiger partial charge in [-0.15, -0.1) is 0 Å². The third kappa shape index (κ3) is 6.61. The topological polar surface area (TPSA) is 107 Å². The van der Waals surface area contributed by atoms with Gasteiger partial charge >= 0.3 is 11.8 Å². The number of hydrogen-bond donors (Lipinski definition) is 2. The van der Waals surface area contributed by atoms with E-state index >= 15 is 0 Å². The number of hydrazone groups is 1. The molecule has 37 heavy (non-hydrogen) atoms. The predicted octanol–water partition coefficient (Wildman–Crippen LogP) is 4.43. The molecule has 0 radical (unpaired) electrons. The van der Waals surface area contributed by atoms with Gasteiger partial charge in [-0.1, -0.05) is 31.2 Å². The Hall–Kier alpha value is -4.92. The minimum atomic E-state index is -0.909. The van der Waals surface area contributed by atoms with Gasteiger partial charge in [-0.2, -0.15) is 10.2 Å². The summed E-state index contributed by atoms with van der Waals surface area (Å²) in [4.78, 5) is 24.6. The maximum Gasteiger partial charge on any atom is 0.329 e. The van der Waals surface area contributed by atoms with Crippen LogP contribution in [0.3, 0.4) is 0 Å². The summed E-state index contributed by atoms with van der Waals surface area (Å²) < 4.78 is 12.5. The lowest BCUT2D eigenvalue weighted by Crippen LogP contribution is -2.32. The number of rotatable bonds is 9. The number of carbonyl (C=O) groups excluding carboxylic acids is 2. The van der Waals surface area contributed by atoms with E-state index in [4.69, 9.17) is 14.6 Å². The molecule has 0 aliphatic carbocycles. The van der Waals surface area contributed by atoms with Crippen molar-refractivity contribution in [2.45, 2.75) is 13.3 Å². The first-order valence-corrected chi connectivity index (χ1v) is 11.7. The highest BCUT2D eigenvalue weighted by Gasteiger charge is 2.15. The molecule has 2 N–H and O–H groups in total. The molecule has 1 aromatic heterocycles. The van der Waals surface area contributed by atoms with Crippen molar-refractivity contribution in [1.82, 2.24) is 15.2 Å². The van der Waals surface area contributed by atoms with Gasteiger partial charge < -0.3 is 14.8 Å². The Bertz CT molecular complexity index is 1380. The maximum absolute atomic E-state index is 12.3. The molecule has 0 aliphatic rings. The number of anilines is 1. The largest absolute Gasteiger partial charge is 0.497 e. The summed E-state index contributed by atoms with van der Waals surface area (Å²) in [6.45, 7) is 2.70. The molecule has 4 aromatic rings. The van der Waals surface area contributed by atoms with E-state index in [0.717, 1.165) is 23.4 Å². The highest BCUT2D eigenvalue weighted by molar-refractivity contribution is 6.39. The smallest absolute Gasteiger partial charge is 0.329 e. The lowest BCUT2D eigenvalue weighted by atomic mass is 10.1. The molecule has 9 nitrogen and oxygen atoms in total. The van der Waals surface area contributed by atoms with Crippen molar-refractivity contribution in [2.75, 3.05) is 19.0 Å². The van der Waals surface area contributed by atoms with Crippen LogP contribution < -0.4 is 20.2 Å². The number of carbonyl (C=O) groups is 2. The molecule has 0 bridgehead atoms. The summed E-state index contributed by atoms with van der Waals surface area (Å²) in [5.41, 5.74) is 5.73. The van der Waals surface area contributed by atoms with Gasteiger partial charge in [-0.3, -0.25) is 9.59 Å². The molecule has 9 heteroatoms. The van der Waals surface area contributed by atoms with Crippen molar-refractivity contribution in [3.05, 3.63) is 90.6 Å². The van der Waals surface area contributed by atoms with Crippen molar-refractivity contribution < 1.29 is 19.1 Å². The van der Waals surface area contributed by atoms with Crippen LogP contribution in [0.4, 0.5) is 5.69 Å². The zero-order valence-electron chi connectivity index (χ0n) is 20.5. The zero-order valence-corrected chi connectivity index (χ0v) is 20.5. The first-order valence-electron chi connectivity index (χ1n) is 11.7. The van der Waals surface area contributed by atoms with Gasteiger partial charge in [0.15, 0.2) is 0 Å². The van der Waals surface area contributed by atoms with Gasteiger partial charge in [0.25, 0.3) is 0 Å². The molecule has 4 rings (SSSR count). The van der Waals surface area contributed by atoms with Gasteiger partial charge in [-0.05, 0) is 55.0 Å². The Morgan fingerprint density at radius 3 is 2.49 bits per heavy atom. The van der Waals surface area contributed by atoms with Crippen LogP contribution in [0.25, 0.3) is 16.9 Å². The van der Waals surface area contributed by atoms with Crippen molar-refractivity contribution in [3.8, 4) is 28.4 Å². The van der Waals surface area contributed by atoms with Crippen LogP contribution in [0.15, 0.2) is 90.2 Å². The van der Waals surface area contributed by atoms with Crippen LogP contribution in [0.2, 0.25) is 0 Å². The van der Waals surface area contributed by atoms with E-state index in [1.54, 1.807) is 35.1 Å². The average Bonchev–Trinajstić information content (AvgIpc) is 3.36. The molecule has 188 valence electrons. The SMILES string of the molecule is CCCOc1ccc(-c2nn(-c3ccccc3)cc2/C=N/NC(=O)C(=O)Nc2cccc(OC)c2)cc1. The van der Waals surface area contributed by atoms with E-state index in [-0.39, 0.29) is 0 Å². The Morgan fingerprint density at radius 2 is 1.76 bits per heavy atom. The third-order valence-electron chi connectivity index (χ3n) is 5.27. The molecule has 0 fully saturated rings. The Balaban J connectivity index is 1.51. The molecule has 0 atom stereocenters. The van der Waals surface area contributed by atoms with Gasteiger partial charge in [0.2, 0.25) is 0 Å². The van der Waals surface area contributed by atoms with Crippen LogP contribution >= 0.6 is 0 Å². The second kappa shape index (κ2) is 12.2. The number of nitrogens with one attached hydrogen (secondary N) is 2. The van der Waals surface area contributed by atoms with Crippen molar-refractivity contribution in [1.29, 1.82) is 0 Å². The Kier molecular flexibility index (Phi) is 8.28. The highest BCUT2D eigenvalue weighted by atomic mass is 16.5. The number of amides is 2. The lowest BCUT2D eigenvalue weighted by molar-refractivity contribution is -0.136. The van der Waals surface area contributed by atoms with Crippen molar-refractivity contribution in [2.24, 2.45) is 5.10 Å². The Morgan fingerprint density at radius 1 is 0.973 bits per heavy atom. The number of benzene rings is 3. The van der Waals surface area contributed by atoms with Crippen LogP contribution in [-0.2, 0) is 9.59 Å². The zero-order chi connectivity index (χ0) is 26.0. The van der Waals surface area contributed by atoms with Gasteiger partial charge in [0.1, 0.15) is 17.2 Å². The lowest BCUT2D eigenvalue weighted by Gasteiger charge is -2.06. The second-order valence-electron chi connectivity index (χ2n) is 7.97. The van der Waals surface area contributed by atoms with E-state index in [9.17, 15) is 9.59 Å². The van der Waals surface area contributed by atoms with E-state index in [2.05, 4.69) is 22.8 Å². The maximum atomic E-state index is 12.3. The van der Waals surface area contributed by atoms with Crippen LogP contribution in [0, 0.1) is 0 Å². The summed E-state index contributed by atoms with van der Waals surface area (Å²) in [7, 11) is 1.52. The first kappa shape index (κ1) is 25.2. The molecule has 3 aromatic carbocycles. The predicted molar refractivity (Wildman–Crippen MR) is 142 cm³/mol. The molecular formula is C28H27N5O4. The van der Waals surface area contributed by atoms with Crippen LogP contribution in [0.5, 0.6) is 11.5 Å². The number of para-hydroxylation sites is 1. The van der Waals surface area contributed by atoms with Gasteiger partial charge in [0, 0.05) is 29.1 Å². The highest BCUT2D eigenvalue weighted by Crippen LogP contribution is 2.25. The molecule has 0 unspecified atom stereocenters. The fraction of sp³-hybridized carbons (Fsp3) is 0.143. The van der Waals surface area contributed by atoms with Crippen LogP contribution in [0.1, 0.15) is 18.9 Å². The summed E-state index contributed by atoms with van der Waals surface area (Å²) >= 11 is 0. The standard InChI is InChI=1S/C28H27N5O4/c1-3-16-37-24-14-12-20(13-15-24)26-21(19-33(32-26)23-9-5-4-6-10-23)18-29-31-28(35)27(34)30-22-8-7-11-25(17-22)36-2/h4-15,17-19H,3,16H2,1-2H3,(H,30,34)(H,31,35)/b29-18+. The van der Waals surface area contributed by atoms with Gasteiger partial charge in [-0.25, -0.2) is 10.1 Å². The normalized spacial score (nSPS) is 10.8. The number of ether oxygens (including phenoxy) is 2.